The fourth-order valence-corrected chi connectivity index (χ4v) is 6.01. The van der Waals surface area contributed by atoms with Crippen molar-refractivity contribution in [3.63, 3.8) is 0 Å². The molecule has 2 aromatic rings. The van der Waals surface area contributed by atoms with Crippen LogP contribution in [0.1, 0.15) is 73.0 Å². The van der Waals surface area contributed by atoms with Crippen molar-refractivity contribution in [3.05, 3.63) is 53.1 Å². The first-order valence-electron chi connectivity index (χ1n) is 12.9. The summed E-state index contributed by atoms with van der Waals surface area (Å²) in [4.78, 5) is 27.8. The van der Waals surface area contributed by atoms with Crippen LogP contribution in [0.25, 0.3) is 0 Å². The van der Waals surface area contributed by atoms with Crippen LogP contribution in [0.15, 0.2) is 36.4 Å². The highest BCUT2D eigenvalue weighted by atomic mass is 16.6. The van der Waals surface area contributed by atoms with Crippen molar-refractivity contribution in [1.29, 1.82) is 0 Å². The Morgan fingerprint density at radius 2 is 1.80 bits per heavy atom. The minimum atomic E-state index is -0.0810. The van der Waals surface area contributed by atoms with E-state index in [4.69, 9.17) is 9.47 Å². The minimum absolute atomic E-state index is 0.0543. The number of amides is 2. The molecule has 0 saturated heterocycles. The molecule has 35 heavy (non-hydrogen) atoms. The lowest BCUT2D eigenvalue weighted by atomic mass is 9.71. The van der Waals surface area contributed by atoms with Gasteiger partial charge in [0.2, 0.25) is 5.91 Å². The van der Waals surface area contributed by atoms with Gasteiger partial charge in [-0.15, -0.1) is 0 Å². The van der Waals surface area contributed by atoms with Crippen LogP contribution in [-0.4, -0.2) is 49.1 Å². The van der Waals surface area contributed by atoms with Crippen LogP contribution >= 0.6 is 0 Å². The Kier molecular flexibility index (Phi) is 5.67. The molecule has 2 fully saturated rings. The van der Waals surface area contributed by atoms with Gasteiger partial charge in [-0.05, 0) is 74.1 Å². The molecule has 2 amide bonds. The Morgan fingerprint density at radius 3 is 2.54 bits per heavy atom. The minimum Gasteiger partial charge on any atom is -0.486 e. The molecular weight excluding hydrogens is 442 g/mol. The van der Waals surface area contributed by atoms with Crippen LogP contribution in [0.2, 0.25) is 0 Å². The first kappa shape index (κ1) is 22.4. The molecule has 6 rings (SSSR count). The fraction of sp³-hybridized carbons (Fsp3) is 0.500. The third-order valence-electron chi connectivity index (χ3n) is 8.02. The second-order valence-corrected chi connectivity index (χ2v) is 10.5. The highest BCUT2D eigenvalue weighted by molar-refractivity contribution is 5.97. The standard InChI is InChI=1S/C28H33N3O4/c1-18-22-14-24-25(35-12-11-34-24)15-23(22)28(9-2-3-10-28)17-31(18)16-26(32)29-21-6-4-5-19(13-21)27(33)30-20-7-8-20/h4-6,13-15,18,20H,2-3,7-12,16-17H2,1H3,(H,29,32)(H,30,33)/t18-/m0/s1. The van der Waals surface area contributed by atoms with E-state index in [1.165, 1.54) is 24.0 Å². The number of hydrogen-bond acceptors (Lipinski definition) is 5. The normalized spacial score (nSPS) is 22.5. The van der Waals surface area contributed by atoms with Crippen molar-refractivity contribution in [1.82, 2.24) is 10.2 Å². The van der Waals surface area contributed by atoms with Gasteiger partial charge in [0.15, 0.2) is 11.5 Å². The molecule has 7 heteroatoms. The van der Waals surface area contributed by atoms with Gasteiger partial charge in [-0.1, -0.05) is 18.9 Å². The number of carbonyl (C=O) groups is 2. The summed E-state index contributed by atoms with van der Waals surface area (Å²) in [5.74, 6) is 1.51. The maximum atomic E-state index is 13.1. The SMILES string of the molecule is C[C@H]1c2cc3c(cc2C2(CCCC2)CN1CC(=O)Nc1cccc(C(=O)NC2CC2)c1)OCCO3. The van der Waals surface area contributed by atoms with Crippen molar-refractivity contribution in [2.24, 2.45) is 0 Å². The Balaban J connectivity index is 1.20. The average Bonchev–Trinajstić information content (AvgIpc) is 3.56. The average molecular weight is 476 g/mol. The Morgan fingerprint density at radius 1 is 1.06 bits per heavy atom. The number of nitrogens with one attached hydrogen (secondary N) is 2. The molecule has 2 aromatic carbocycles. The maximum Gasteiger partial charge on any atom is 0.251 e. The second-order valence-electron chi connectivity index (χ2n) is 10.5. The molecule has 2 N–H and O–H groups in total. The van der Waals surface area contributed by atoms with Gasteiger partial charge in [0, 0.05) is 35.3 Å². The third-order valence-corrected chi connectivity index (χ3v) is 8.02. The molecule has 1 spiro atoms. The largest absolute Gasteiger partial charge is 0.486 e. The summed E-state index contributed by atoms with van der Waals surface area (Å²) < 4.78 is 11.8. The van der Waals surface area contributed by atoms with E-state index in [1.54, 1.807) is 12.1 Å². The summed E-state index contributed by atoms with van der Waals surface area (Å²) >= 11 is 0. The quantitative estimate of drug-likeness (QED) is 0.678. The van der Waals surface area contributed by atoms with Gasteiger partial charge in [-0.25, -0.2) is 0 Å². The van der Waals surface area contributed by atoms with Gasteiger partial charge in [0.05, 0.1) is 6.54 Å². The molecule has 2 aliphatic carbocycles. The first-order chi connectivity index (χ1) is 17.0. The van der Waals surface area contributed by atoms with Crippen LogP contribution in [0.5, 0.6) is 11.5 Å². The number of carbonyl (C=O) groups excluding carboxylic acids is 2. The predicted octanol–water partition coefficient (Wildman–Crippen LogP) is 4.18. The highest BCUT2D eigenvalue weighted by Gasteiger charge is 2.45. The van der Waals surface area contributed by atoms with Gasteiger partial charge in [0.1, 0.15) is 13.2 Å². The van der Waals surface area contributed by atoms with E-state index < -0.39 is 0 Å². The van der Waals surface area contributed by atoms with E-state index in [2.05, 4.69) is 34.6 Å². The topological polar surface area (TPSA) is 79.9 Å². The lowest BCUT2D eigenvalue weighted by Gasteiger charge is -2.46. The molecule has 7 nitrogen and oxygen atoms in total. The lowest BCUT2D eigenvalue weighted by Crippen LogP contribution is -2.48. The molecule has 0 radical (unpaired) electrons. The third kappa shape index (κ3) is 4.38. The van der Waals surface area contributed by atoms with E-state index in [1.807, 2.05) is 12.1 Å². The van der Waals surface area contributed by atoms with Crippen molar-refractivity contribution in [3.8, 4) is 11.5 Å². The monoisotopic (exact) mass is 475 g/mol. The molecule has 2 aliphatic heterocycles. The molecule has 0 unspecified atom stereocenters. The van der Waals surface area contributed by atoms with Crippen LogP contribution in [0, 0.1) is 0 Å². The van der Waals surface area contributed by atoms with E-state index >= 15 is 0 Å². The van der Waals surface area contributed by atoms with Crippen molar-refractivity contribution < 1.29 is 19.1 Å². The zero-order valence-corrected chi connectivity index (χ0v) is 20.3. The number of benzene rings is 2. The van der Waals surface area contributed by atoms with E-state index in [-0.39, 0.29) is 23.3 Å². The molecule has 0 bridgehead atoms. The van der Waals surface area contributed by atoms with Crippen molar-refractivity contribution in [2.45, 2.75) is 62.9 Å². The summed E-state index contributed by atoms with van der Waals surface area (Å²) in [6.07, 6.45) is 6.76. The lowest BCUT2D eigenvalue weighted by molar-refractivity contribution is -0.118. The summed E-state index contributed by atoms with van der Waals surface area (Å²) in [6, 6.07) is 11.9. The van der Waals surface area contributed by atoms with Gasteiger partial charge in [-0.2, -0.15) is 0 Å². The van der Waals surface area contributed by atoms with Crippen molar-refractivity contribution in [2.75, 3.05) is 31.6 Å². The van der Waals surface area contributed by atoms with Gasteiger partial charge in [0.25, 0.3) is 5.91 Å². The van der Waals surface area contributed by atoms with Crippen LogP contribution < -0.4 is 20.1 Å². The summed E-state index contributed by atoms with van der Waals surface area (Å²) in [5.41, 5.74) is 3.90. The van der Waals surface area contributed by atoms with E-state index in [0.29, 0.717) is 37.1 Å². The Labute approximate surface area is 206 Å². The molecule has 1 atom stereocenters. The van der Waals surface area contributed by atoms with Crippen LogP contribution in [0.4, 0.5) is 5.69 Å². The van der Waals surface area contributed by atoms with Gasteiger partial charge >= 0.3 is 0 Å². The first-order valence-corrected chi connectivity index (χ1v) is 12.9. The molecule has 184 valence electrons. The molecule has 2 saturated carbocycles. The van der Waals surface area contributed by atoms with E-state index in [0.717, 1.165) is 43.7 Å². The molecule has 2 heterocycles. The number of ether oxygens (including phenoxy) is 2. The zero-order chi connectivity index (χ0) is 24.0. The fourth-order valence-electron chi connectivity index (χ4n) is 6.01. The second kappa shape index (κ2) is 8.86. The number of hydrogen-bond donors (Lipinski definition) is 2. The number of anilines is 1. The summed E-state index contributed by atoms with van der Waals surface area (Å²) in [7, 11) is 0. The molecule has 0 aromatic heterocycles. The number of rotatable bonds is 5. The van der Waals surface area contributed by atoms with Crippen molar-refractivity contribution >= 4 is 17.5 Å². The highest BCUT2D eigenvalue weighted by Crippen LogP contribution is 2.51. The predicted molar refractivity (Wildman–Crippen MR) is 133 cm³/mol. The summed E-state index contributed by atoms with van der Waals surface area (Å²) in [5, 5.41) is 6.02. The zero-order valence-electron chi connectivity index (χ0n) is 20.3. The van der Waals surface area contributed by atoms with E-state index in [9.17, 15) is 9.59 Å². The van der Waals surface area contributed by atoms with Crippen LogP contribution in [0.3, 0.4) is 0 Å². The molecular formula is C28H33N3O4. The Bertz CT molecular complexity index is 1150. The molecule has 4 aliphatic rings. The smallest absolute Gasteiger partial charge is 0.251 e. The maximum absolute atomic E-state index is 13.1. The van der Waals surface area contributed by atoms with Crippen LogP contribution in [-0.2, 0) is 10.2 Å². The Hall–Kier alpha value is -3.06. The van der Waals surface area contributed by atoms with Gasteiger partial charge < -0.3 is 20.1 Å². The summed E-state index contributed by atoms with van der Waals surface area (Å²) in [6.45, 7) is 4.49. The van der Waals surface area contributed by atoms with Gasteiger partial charge in [-0.3, -0.25) is 14.5 Å². The number of nitrogens with zero attached hydrogens (tertiary/aromatic N) is 1. The number of fused-ring (bicyclic) bond motifs is 3.